The maximum Gasteiger partial charge on any atom is 0.326 e. The molecule has 4 heterocycles. The number of carboxylic acid groups (broad SMARTS) is 1. The number of hydrogen-bond acceptors (Lipinski definition) is 9. The molecule has 2 fully saturated rings. The van der Waals surface area contributed by atoms with Crippen molar-refractivity contribution in [2.75, 3.05) is 34.6 Å². The number of rotatable bonds is 8. The fourth-order valence-corrected chi connectivity index (χ4v) is 6.98. The Labute approximate surface area is 224 Å². The molecule has 1 unspecified atom stereocenters. The van der Waals surface area contributed by atoms with Gasteiger partial charge in [-0.25, -0.2) is 14.8 Å². The van der Waals surface area contributed by atoms with Gasteiger partial charge in [0.05, 0.1) is 6.20 Å². The fraction of sp³-hybridized carbons (Fsp3) is 0.391. The van der Waals surface area contributed by atoms with Gasteiger partial charge in [-0.15, -0.1) is 0 Å². The molecule has 11 nitrogen and oxygen atoms in total. The number of halogens is 1. The monoisotopic (exact) mass is 563 g/mol. The van der Waals surface area contributed by atoms with E-state index in [1.165, 1.54) is 22.4 Å². The van der Waals surface area contributed by atoms with Crippen molar-refractivity contribution >= 4 is 72.8 Å². The van der Waals surface area contributed by atoms with Crippen LogP contribution < -0.4 is 14.9 Å². The molecule has 0 radical (unpaired) electrons. The SMILES string of the molecule is Nc1nccc2cc(C[C@H](C(=O)O)N3CC[C@H](N(c4cnc(N5CCCC5)s4)S(=O)[O-])C3=O)c(Cl)cc12. The third-order valence-electron chi connectivity index (χ3n) is 6.77. The lowest BCUT2D eigenvalue weighted by atomic mass is 10.0. The minimum absolute atomic E-state index is 0.0507. The van der Waals surface area contributed by atoms with Gasteiger partial charge < -0.3 is 25.2 Å². The van der Waals surface area contributed by atoms with Crippen molar-refractivity contribution in [2.45, 2.75) is 37.8 Å². The predicted molar refractivity (Wildman–Crippen MR) is 141 cm³/mol. The van der Waals surface area contributed by atoms with Crippen LogP contribution in [0.5, 0.6) is 0 Å². The van der Waals surface area contributed by atoms with E-state index in [4.69, 9.17) is 17.3 Å². The summed E-state index contributed by atoms with van der Waals surface area (Å²) in [6, 6.07) is 2.83. The van der Waals surface area contributed by atoms with Crippen LogP contribution in [0.25, 0.3) is 10.8 Å². The number of aromatic nitrogens is 2. The first-order valence-corrected chi connectivity index (χ1v) is 13.9. The molecule has 3 atom stereocenters. The zero-order chi connectivity index (χ0) is 26.3. The average molecular weight is 564 g/mol. The zero-order valence-electron chi connectivity index (χ0n) is 19.6. The van der Waals surface area contributed by atoms with Crippen molar-refractivity contribution in [2.24, 2.45) is 0 Å². The van der Waals surface area contributed by atoms with Crippen LogP contribution in [0.4, 0.5) is 16.0 Å². The number of nitrogens with zero attached hydrogens (tertiary/aromatic N) is 5. The van der Waals surface area contributed by atoms with Crippen LogP contribution >= 0.6 is 22.9 Å². The molecular weight excluding hydrogens is 540 g/mol. The van der Waals surface area contributed by atoms with Crippen molar-refractivity contribution in [3.05, 3.63) is 41.2 Å². The summed E-state index contributed by atoms with van der Waals surface area (Å²) < 4.78 is 25.5. The summed E-state index contributed by atoms with van der Waals surface area (Å²) in [5, 5.41) is 12.7. The molecule has 1 aromatic carbocycles. The molecule has 14 heteroatoms. The number of carbonyl (C=O) groups is 2. The van der Waals surface area contributed by atoms with Crippen LogP contribution in [0.1, 0.15) is 24.8 Å². The second-order valence-electron chi connectivity index (χ2n) is 8.97. The van der Waals surface area contributed by atoms with Crippen molar-refractivity contribution in [3.8, 4) is 0 Å². The number of aliphatic carboxylic acids is 1. The summed E-state index contributed by atoms with van der Waals surface area (Å²) >= 11 is 4.90. The number of carboxylic acids is 1. The summed E-state index contributed by atoms with van der Waals surface area (Å²) in [6.45, 7) is 1.79. The number of fused-ring (bicyclic) bond motifs is 1. The molecule has 196 valence electrons. The van der Waals surface area contributed by atoms with Gasteiger partial charge in [-0.05, 0) is 48.4 Å². The number of nitrogen functional groups attached to an aromatic ring is 1. The van der Waals surface area contributed by atoms with E-state index >= 15 is 0 Å². The molecule has 1 amide bonds. The highest BCUT2D eigenvalue weighted by Gasteiger charge is 2.43. The molecule has 2 saturated heterocycles. The van der Waals surface area contributed by atoms with Gasteiger partial charge in [-0.1, -0.05) is 22.9 Å². The third kappa shape index (κ3) is 4.96. The van der Waals surface area contributed by atoms with Crippen LogP contribution in [0.2, 0.25) is 5.02 Å². The highest BCUT2D eigenvalue weighted by Crippen LogP contribution is 2.36. The Balaban J connectivity index is 1.39. The van der Waals surface area contributed by atoms with E-state index in [1.54, 1.807) is 24.4 Å². The number of thiazole rings is 1. The van der Waals surface area contributed by atoms with Gasteiger partial charge in [-0.3, -0.25) is 13.3 Å². The van der Waals surface area contributed by atoms with Gasteiger partial charge in [0.1, 0.15) is 22.9 Å². The molecule has 3 aromatic rings. The molecule has 2 aliphatic rings. The highest BCUT2D eigenvalue weighted by molar-refractivity contribution is 7.81. The largest absolute Gasteiger partial charge is 0.755 e. The quantitative estimate of drug-likeness (QED) is 0.393. The van der Waals surface area contributed by atoms with Crippen LogP contribution in [-0.4, -0.2) is 72.3 Å². The Morgan fingerprint density at radius 3 is 2.78 bits per heavy atom. The van der Waals surface area contributed by atoms with Crippen LogP contribution in [0, 0.1) is 0 Å². The molecule has 5 rings (SSSR count). The van der Waals surface area contributed by atoms with Gasteiger partial charge in [0.15, 0.2) is 5.13 Å². The van der Waals surface area contributed by atoms with Crippen molar-refractivity contribution < 1.29 is 23.5 Å². The third-order valence-corrected chi connectivity index (χ3v) is 9.06. The average Bonchev–Trinajstić information content (AvgIpc) is 3.61. The molecule has 0 bridgehead atoms. The lowest BCUT2D eigenvalue weighted by Gasteiger charge is -2.30. The van der Waals surface area contributed by atoms with E-state index in [0.717, 1.165) is 35.6 Å². The maximum absolute atomic E-state index is 13.4. The van der Waals surface area contributed by atoms with E-state index < -0.39 is 35.2 Å². The van der Waals surface area contributed by atoms with Crippen LogP contribution in [0.3, 0.4) is 0 Å². The number of amides is 1. The molecule has 0 spiro atoms. The van der Waals surface area contributed by atoms with Crippen molar-refractivity contribution in [1.29, 1.82) is 0 Å². The number of carbonyl (C=O) groups excluding carboxylic acids is 1. The molecule has 0 saturated carbocycles. The van der Waals surface area contributed by atoms with Crippen molar-refractivity contribution in [3.63, 3.8) is 0 Å². The minimum Gasteiger partial charge on any atom is -0.755 e. The minimum atomic E-state index is -2.75. The molecular formula is C23H24ClN6O5S2-. The first-order valence-electron chi connectivity index (χ1n) is 11.7. The normalized spacial score (nSPS) is 19.5. The van der Waals surface area contributed by atoms with Gasteiger partial charge in [0.25, 0.3) is 0 Å². The van der Waals surface area contributed by atoms with Crippen LogP contribution in [-0.2, 0) is 27.3 Å². The number of pyridine rings is 1. The number of hydrogen-bond donors (Lipinski definition) is 2. The zero-order valence-corrected chi connectivity index (χ0v) is 22.0. The predicted octanol–water partition coefficient (Wildman–Crippen LogP) is 2.42. The van der Waals surface area contributed by atoms with E-state index in [0.29, 0.717) is 31.9 Å². The van der Waals surface area contributed by atoms with Gasteiger partial charge in [0, 0.05) is 53.9 Å². The van der Waals surface area contributed by atoms with Gasteiger partial charge >= 0.3 is 5.97 Å². The van der Waals surface area contributed by atoms with Crippen LogP contribution in [0.15, 0.2) is 30.6 Å². The first kappa shape index (κ1) is 25.6. The molecule has 3 N–H and O–H groups in total. The highest BCUT2D eigenvalue weighted by atomic mass is 35.5. The Morgan fingerprint density at radius 2 is 2.08 bits per heavy atom. The van der Waals surface area contributed by atoms with E-state index in [1.807, 2.05) is 0 Å². The number of nitrogens with two attached hydrogens (primary N) is 1. The Bertz CT molecular complexity index is 1380. The molecule has 0 aliphatic carbocycles. The molecule has 2 aliphatic heterocycles. The number of anilines is 3. The second-order valence-corrected chi connectivity index (χ2v) is 11.2. The number of likely N-dealkylation sites (tertiary alicyclic amines) is 1. The van der Waals surface area contributed by atoms with E-state index in [-0.39, 0.29) is 19.4 Å². The Kier molecular flexibility index (Phi) is 7.21. The smallest absolute Gasteiger partial charge is 0.326 e. The summed E-state index contributed by atoms with van der Waals surface area (Å²) in [6.07, 6.45) is 5.19. The first-order chi connectivity index (χ1) is 17.7. The summed E-state index contributed by atoms with van der Waals surface area (Å²) in [5.74, 6) is -1.47. The standard InChI is InChI=1S/C23H25ClN6O5S2/c24-16-11-15-13(3-5-26-20(15)25)9-14(16)10-18(22(32)33)29-8-4-17(21(29)31)30(37(34)35)19-12-27-23(36-19)28-6-1-2-7-28/h3,5,9,11-12,17-18H,1-2,4,6-8,10H2,(H2,25,26)(H,32,33)(H,34,35)/p-1/t17-,18+/m0/s1. The lowest BCUT2D eigenvalue weighted by Crippen LogP contribution is -2.48. The maximum atomic E-state index is 13.4. The summed E-state index contributed by atoms with van der Waals surface area (Å²) in [5.41, 5.74) is 6.45. The lowest BCUT2D eigenvalue weighted by molar-refractivity contribution is -0.148. The molecule has 37 heavy (non-hydrogen) atoms. The number of benzene rings is 1. The van der Waals surface area contributed by atoms with Gasteiger partial charge in [0.2, 0.25) is 5.91 Å². The Morgan fingerprint density at radius 1 is 1.32 bits per heavy atom. The Hall–Kier alpha value is -3.00. The van der Waals surface area contributed by atoms with Gasteiger partial charge in [-0.2, -0.15) is 0 Å². The summed E-state index contributed by atoms with van der Waals surface area (Å²) in [7, 11) is 0. The fourth-order valence-electron chi connectivity index (χ4n) is 4.92. The van der Waals surface area contributed by atoms with E-state index in [9.17, 15) is 23.5 Å². The molecule has 2 aromatic heterocycles. The second kappa shape index (κ2) is 10.4. The van der Waals surface area contributed by atoms with Crippen molar-refractivity contribution in [1.82, 2.24) is 14.9 Å². The van der Waals surface area contributed by atoms with E-state index in [2.05, 4.69) is 14.9 Å². The topological polar surface area (TPSA) is 156 Å². The summed E-state index contributed by atoms with van der Waals surface area (Å²) in [4.78, 5) is 37.4.